The highest BCUT2D eigenvalue weighted by molar-refractivity contribution is 5.21. The van der Waals surface area contributed by atoms with Gasteiger partial charge in [-0.2, -0.15) is 0 Å². The molecule has 1 unspecified atom stereocenters. The maximum Gasteiger partial charge on any atom is 0.0943 e. The van der Waals surface area contributed by atoms with Gasteiger partial charge in [0.2, 0.25) is 0 Å². The highest BCUT2D eigenvalue weighted by atomic mass is 16.5. The van der Waals surface area contributed by atoms with E-state index >= 15 is 0 Å². The summed E-state index contributed by atoms with van der Waals surface area (Å²) < 4.78 is 5.61. The van der Waals surface area contributed by atoms with E-state index in [1.165, 1.54) is 0 Å². The fourth-order valence-corrected chi connectivity index (χ4v) is 1.61. The van der Waals surface area contributed by atoms with Gasteiger partial charge in [-0.3, -0.25) is 0 Å². The molecule has 1 aliphatic carbocycles. The minimum Gasteiger partial charge on any atom is -0.373 e. The molecule has 1 aliphatic rings. The maximum atomic E-state index is 5.61. The largest absolute Gasteiger partial charge is 0.373 e. The van der Waals surface area contributed by atoms with Gasteiger partial charge in [0.05, 0.1) is 5.60 Å². The average molecular weight is 166 g/mol. The van der Waals surface area contributed by atoms with Gasteiger partial charge in [-0.05, 0) is 11.8 Å². The molecule has 1 atom stereocenters. The lowest BCUT2D eigenvalue weighted by Crippen LogP contribution is -2.43. The van der Waals surface area contributed by atoms with Gasteiger partial charge in [0.25, 0.3) is 0 Å². The van der Waals surface area contributed by atoms with E-state index in [0.29, 0.717) is 0 Å². The zero-order chi connectivity index (χ0) is 9.24. The molecule has 0 bridgehead atoms. The Labute approximate surface area is 75.1 Å². The predicted octanol–water partition coefficient (Wildman–Crippen LogP) is 2.93. The van der Waals surface area contributed by atoms with Crippen LogP contribution in [0.3, 0.4) is 0 Å². The summed E-state index contributed by atoms with van der Waals surface area (Å²) in [7, 11) is 1.79. The van der Waals surface area contributed by atoms with E-state index in [4.69, 9.17) is 4.74 Å². The molecule has 0 aromatic heterocycles. The standard InChI is InChI=1S/C11H18O/c1-10(2,3)11(12-4)8-6-5-7-9-11/h5-8H,9H2,1-4H3. The Balaban J connectivity index is 2.91. The molecule has 0 spiro atoms. The summed E-state index contributed by atoms with van der Waals surface area (Å²) in [6, 6.07) is 0. The van der Waals surface area contributed by atoms with E-state index in [-0.39, 0.29) is 11.0 Å². The Morgan fingerprint density at radius 2 is 1.92 bits per heavy atom. The van der Waals surface area contributed by atoms with Crippen molar-refractivity contribution >= 4 is 0 Å². The zero-order valence-electron chi connectivity index (χ0n) is 8.42. The van der Waals surface area contributed by atoms with Crippen molar-refractivity contribution in [1.82, 2.24) is 0 Å². The van der Waals surface area contributed by atoms with Crippen LogP contribution in [0, 0.1) is 5.41 Å². The van der Waals surface area contributed by atoms with Crippen LogP contribution in [0.5, 0.6) is 0 Å². The zero-order valence-corrected chi connectivity index (χ0v) is 8.42. The van der Waals surface area contributed by atoms with Gasteiger partial charge >= 0.3 is 0 Å². The van der Waals surface area contributed by atoms with Crippen molar-refractivity contribution in [3.8, 4) is 0 Å². The van der Waals surface area contributed by atoms with E-state index in [1.807, 2.05) is 0 Å². The molecule has 0 radical (unpaired) electrons. The molecular formula is C11H18O. The van der Waals surface area contributed by atoms with Gasteiger partial charge in [0.1, 0.15) is 0 Å². The molecule has 0 aromatic carbocycles. The topological polar surface area (TPSA) is 9.23 Å². The summed E-state index contributed by atoms with van der Waals surface area (Å²) in [5, 5.41) is 0. The quantitative estimate of drug-likeness (QED) is 0.582. The van der Waals surface area contributed by atoms with Crippen LogP contribution >= 0.6 is 0 Å². The number of methoxy groups -OCH3 is 1. The van der Waals surface area contributed by atoms with Crippen LogP contribution in [0.25, 0.3) is 0 Å². The fraction of sp³-hybridized carbons (Fsp3) is 0.636. The molecule has 0 aliphatic heterocycles. The number of hydrogen-bond acceptors (Lipinski definition) is 1. The molecule has 0 N–H and O–H groups in total. The van der Waals surface area contributed by atoms with Crippen LogP contribution in [0.1, 0.15) is 27.2 Å². The maximum absolute atomic E-state index is 5.61. The second kappa shape index (κ2) is 3.06. The van der Waals surface area contributed by atoms with Crippen molar-refractivity contribution in [1.29, 1.82) is 0 Å². The van der Waals surface area contributed by atoms with E-state index in [9.17, 15) is 0 Å². The van der Waals surface area contributed by atoms with Gasteiger partial charge in [0.15, 0.2) is 0 Å². The first-order valence-electron chi connectivity index (χ1n) is 4.41. The minimum absolute atomic E-state index is 0.109. The van der Waals surface area contributed by atoms with Gasteiger partial charge < -0.3 is 4.74 Å². The molecule has 0 saturated heterocycles. The fourth-order valence-electron chi connectivity index (χ4n) is 1.61. The summed E-state index contributed by atoms with van der Waals surface area (Å²) in [4.78, 5) is 0. The highest BCUT2D eigenvalue weighted by Crippen LogP contribution is 2.39. The van der Waals surface area contributed by atoms with E-state index < -0.39 is 0 Å². The molecule has 0 saturated carbocycles. The van der Waals surface area contributed by atoms with Crippen molar-refractivity contribution in [2.45, 2.75) is 32.8 Å². The molecule has 1 rings (SSSR count). The number of ether oxygens (including phenoxy) is 1. The number of allylic oxidation sites excluding steroid dienone is 2. The first-order valence-corrected chi connectivity index (χ1v) is 4.41. The van der Waals surface area contributed by atoms with Gasteiger partial charge in [-0.25, -0.2) is 0 Å². The third-order valence-corrected chi connectivity index (χ3v) is 2.67. The van der Waals surface area contributed by atoms with E-state index in [0.717, 1.165) is 6.42 Å². The van der Waals surface area contributed by atoms with Crippen LogP contribution in [-0.4, -0.2) is 12.7 Å². The van der Waals surface area contributed by atoms with E-state index in [2.05, 4.69) is 45.1 Å². The smallest absolute Gasteiger partial charge is 0.0943 e. The summed E-state index contributed by atoms with van der Waals surface area (Å²) in [5.74, 6) is 0. The Morgan fingerprint density at radius 3 is 2.17 bits per heavy atom. The lowest BCUT2D eigenvalue weighted by molar-refractivity contribution is -0.0508. The monoisotopic (exact) mass is 166 g/mol. The van der Waals surface area contributed by atoms with Gasteiger partial charge in [-0.1, -0.05) is 45.1 Å². The SMILES string of the molecule is COC1(C(C)(C)C)C=CC=CC1. The normalized spacial score (nSPS) is 29.3. The van der Waals surface area contributed by atoms with Crippen LogP contribution < -0.4 is 0 Å². The molecule has 68 valence electrons. The lowest BCUT2D eigenvalue weighted by atomic mass is 9.73. The summed E-state index contributed by atoms with van der Waals surface area (Å²) in [5.41, 5.74) is 0.0464. The van der Waals surface area contributed by atoms with Crippen molar-refractivity contribution in [3.05, 3.63) is 24.3 Å². The summed E-state index contributed by atoms with van der Waals surface area (Å²) in [6.45, 7) is 6.62. The second-order valence-electron chi connectivity index (χ2n) is 4.34. The molecule has 1 heteroatoms. The Kier molecular flexibility index (Phi) is 2.43. The second-order valence-corrected chi connectivity index (χ2v) is 4.34. The van der Waals surface area contributed by atoms with E-state index in [1.54, 1.807) is 7.11 Å². The van der Waals surface area contributed by atoms with Crippen LogP contribution in [0.4, 0.5) is 0 Å². The third-order valence-electron chi connectivity index (χ3n) is 2.67. The molecular weight excluding hydrogens is 148 g/mol. The predicted molar refractivity (Wildman–Crippen MR) is 52.1 cm³/mol. The van der Waals surface area contributed by atoms with Crippen LogP contribution in [0.2, 0.25) is 0 Å². The number of hydrogen-bond donors (Lipinski definition) is 0. The summed E-state index contributed by atoms with van der Waals surface area (Å²) >= 11 is 0. The first kappa shape index (κ1) is 9.53. The molecule has 0 heterocycles. The molecule has 0 fully saturated rings. The highest BCUT2D eigenvalue weighted by Gasteiger charge is 2.39. The Bertz CT molecular complexity index is 208. The number of rotatable bonds is 1. The van der Waals surface area contributed by atoms with Crippen molar-refractivity contribution in [3.63, 3.8) is 0 Å². The molecule has 0 amide bonds. The van der Waals surface area contributed by atoms with Gasteiger partial charge in [-0.15, -0.1) is 0 Å². The molecule has 1 nitrogen and oxygen atoms in total. The first-order chi connectivity index (χ1) is 5.52. The lowest BCUT2D eigenvalue weighted by Gasteiger charge is -2.41. The average Bonchev–Trinajstić information content (AvgIpc) is 2.04. The van der Waals surface area contributed by atoms with Crippen molar-refractivity contribution < 1.29 is 4.74 Å². The molecule has 0 aromatic rings. The molecule has 12 heavy (non-hydrogen) atoms. The Hall–Kier alpha value is -0.560. The van der Waals surface area contributed by atoms with Crippen LogP contribution in [0.15, 0.2) is 24.3 Å². The van der Waals surface area contributed by atoms with Crippen molar-refractivity contribution in [2.24, 2.45) is 5.41 Å². The van der Waals surface area contributed by atoms with Crippen LogP contribution in [-0.2, 0) is 4.74 Å². The Morgan fingerprint density at radius 1 is 1.25 bits per heavy atom. The van der Waals surface area contributed by atoms with Crippen molar-refractivity contribution in [2.75, 3.05) is 7.11 Å². The third kappa shape index (κ3) is 1.46. The summed E-state index contributed by atoms with van der Waals surface area (Å²) in [6.07, 6.45) is 9.44. The van der Waals surface area contributed by atoms with Gasteiger partial charge in [0, 0.05) is 7.11 Å². The minimum atomic E-state index is -0.109.